The molecule has 1 heterocycles. The van der Waals surface area contributed by atoms with E-state index in [1.807, 2.05) is 38.1 Å². The average Bonchev–Trinajstić information content (AvgIpc) is 3.64. The molecule has 1 aliphatic carbocycles. The van der Waals surface area contributed by atoms with Gasteiger partial charge in [-0.3, -0.25) is 0 Å². The van der Waals surface area contributed by atoms with Gasteiger partial charge in [0.25, 0.3) is 10.2 Å². The minimum absolute atomic E-state index is 0.0589. The number of hydrogen-bond acceptors (Lipinski definition) is 8. The highest BCUT2D eigenvalue weighted by Crippen LogP contribution is 2.35. The van der Waals surface area contributed by atoms with Crippen molar-refractivity contribution in [2.45, 2.75) is 39.3 Å². The van der Waals surface area contributed by atoms with Crippen LogP contribution in [-0.4, -0.2) is 38.6 Å². The molecule has 0 aliphatic heterocycles. The van der Waals surface area contributed by atoms with Gasteiger partial charge in [-0.1, -0.05) is 23.7 Å². The Morgan fingerprint density at radius 3 is 2.50 bits per heavy atom. The summed E-state index contributed by atoms with van der Waals surface area (Å²) in [5.41, 5.74) is 4.15. The maximum absolute atomic E-state index is 12.1. The highest BCUT2D eigenvalue weighted by Gasteiger charge is 2.26. The van der Waals surface area contributed by atoms with Gasteiger partial charge < -0.3 is 20.1 Å². The predicted octanol–water partition coefficient (Wildman–Crippen LogP) is 4.34. The molecule has 0 spiro atoms. The number of nitrogens with zero attached hydrogens (tertiary/aromatic N) is 2. The number of benzene rings is 2. The fourth-order valence-electron chi connectivity index (χ4n) is 3.62. The number of aromatic nitrogens is 2. The molecular formula is C24H29ClN6O4S. The molecule has 2 aromatic carbocycles. The first kappa shape index (κ1) is 26.0. The summed E-state index contributed by atoms with van der Waals surface area (Å²) in [7, 11) is -0.334. The molecule has 0 radical (unpaired) electrons. The van der Waals surface area contributed by atoms with Crippen molar-refractivity contribution in [3.63, 3.8) is 0 Å². The van der Waals surface area contributed by atoms with Gasteiger partial charge in [-0.05, 0) is 55.5 Å². The van der Waals surface area contributed by atoms with Crippen LogP contribution in [0.3, 0.4) is 0 Å². The van der Waals surface area contributed by atoms with E-state index in [1.54, 1.807) is 20.3 Å². The molecular weight excluding hydrogens is 504 g/mol. The summed E-state index contributed by atoms with van der Waals surface area (Å²) < 4.78 is 40.1. The largest absolute Gasteiger partial charge is 0.493 e. The van der Waals surface area contributed by atoms with Crippen LogP contribution in [0.25, 0.3) is 0 Å². The Kier molecular flexibility index (Phi) is 7.84. The first-order chi connectivity index (χ1) is 17.2. The first-order valence-electron chi connectivity index (χ1n) is 11.3. The number of hydrogen-bond donors (Lipinski definition) is 4. The molecule has 36 heavy (non-hydrogen) atoms. The van der Waals surface area contributed by atoms with Crippen molar-refractivity contribution in [1.82, 2.24) is 19.4 Å². The van der Waals surface area contributed by atoms with Crippen molar-refractivity contribution in [2.75, 3.05) is 24.9 Å². The zero-order chi connectivity index (χ0) is 25.9. The molecule has 12 heteroatoms. The Morgan fingerprint density at radius 2 is 1.83 bits per heavy atom. The average molecular weight is 533 g/mol. The molecule has 4 N–H and O–H groups in total. The predicted molar refractivity (Wildman–Crippen MR) is 141 cm³/mol. The Morgan fingerprint density at radius 1 is 1.06 bits per heavy atom. The van der Waals surface area contributed by atoms with Gasteiger partial charge in [-0.15, -0.1) is 0 Å². The molecule has 4 rings (SSSR count). The van der Waals surface area contributed by atoms with Gasteiger partial charge in [-0.25, -0.2) is 4.98 Å². The highest BCUT2D eigenvalue weighted by molar-refractivity contribution is 7.87. The van der Waals surface area contributed by atoms with Crippen molar-refractivity contribution in [3.05, 3.63) is 58.2 Å². The number of ether oxygens (including phenoxy) is 2. The van der Waals surface area contributed by atoms with Crippen molar-refractivity contribution in [2.24, 2.45) is 0 Å². The second kappa shape index (κ2) is 10.9. The normalized spacial score (nSPS) is 13.4. The summed E-state index contributed by atoms with van der Waals surface area (Å²) in [6.07, 6.45) is 3.28. The molecule has 192 valence electrons. The quantitative estimate of drug-likeness (QED) is 0.287. The smallest absolute Gasteiger partial charge is 0.277 e. The van der Waals surface area contributed by atoms with Crippen molar-refractivity contribution in [3.8, 4) is 11.5 Å². The second-order valence-corrected chi connectivity index (χ2v) is 10.5. The van der Waals surface area contributed by atoms with Crippen LogP contribution in [0.4, 0.5) is 23.1 Å². The van der Waals surface area contributed by atoms with Gasteiger partial charge in [0.15, 0.2) is 17.3 Å². The number of halogens is 1. The van der Waals surface area contributed by atoms with Crippen LogP contribution in [0, 0.1) is 13.8 Å². The van der Waals surface area contributed by atoms with Crippen LogP contribution in [0.1, 0.15) is 29.5 Å². The molecule has 0 unspecified atom stereocenters. The van der Waals surface area contributed by atoms with Crippen molar-refractivity contribution in [1.29, 1.82) is 0 Å². The van der Waals surface area contributed by atoms with Gasteiger partial charge in [0.05, 0.1) is 20.4 Å². The minimum atomic E-state index is -3.51. The molecule has 10 nitrogen and oxygen atoms in total. The molecule has 0 atom stereocenters. The summed E-state index contributed by atoms with van der Waals surface area (Å²) in [5.74, 6) is 2.03. The van der Waals surface area contributed by atoms with Crippen LogP contribution in [0.15, 0.2) is 36.5 Å². The van der Waals surface area contributed by atoms with Gasteiger partial charge in [0.1, 0.15) is 5.02 Å². The summed E-state index contributed by atoms with van der Waals surface area (Å²) in [5, 5.41) is 6.76. The fraction of sp³-hybridized carbons (Fsp3) is 0.333. The molecule has 1 aromatic heterocycles. The molecule has 0 amide bonds. The van der Waals surface area contributed by atoms with Gasteiger partial charge in [-0.2, -0.15) is 22.8 Å². The summed E-state index contributed by atoms with van der Waals surface area (Å²) >= 11 is 6.36. The lowest BCUT2D eigenvalue weighted by Gasteiger charge is -2.15. The SMILES string of the molecule is COc1cc(Nc2ncc(Cl)c(Nc3ccc(CNS(=O)(=O)NC4CC4)cc3C)n2)cc(C)c1OC. The number of rotatable bonds is 11. The molecule has 3 aromatic rings. The molecule has 1 saturated carbocycles. The van der Waals surface area contributed by atoms with Crippen LogP contribution >= 0.6 is 11.6 Å². The number of anilines is 4. The van der Waals surface area contributed by atoms with E-state index in [0.29, 0.717) is 28.3 Å². The maximum atomic E-state index is 12.1. The lowest BCUT2D eigenvalue weighted by Crippen LogP contribution is -2.37. The Balaban J connectivity index is 1.46. The van der Waals surface area contributed by atoms with Gasteiger partial charge >= 0.3 is 0 Å². The Bertz CT molecular complexity index is 1360. The zero-order valence-electron chi connectivity index (χ0n) is 20.5. The van der Waals surface area contributed by atoms with Gasteiger partial charge in [0.2, 0.25) is 5.95 Å². The van der Waals surface area contributed by atoms with Crippen LogP contribution in [-0.2, 0) is 16.8 Å². The highest BCUT2D eigenvalue weighted by atomic mass is 35.5. The van der Waals surface area contributed by atoms with Gasteiger partial charge in [0, 0.05) is 30.0 Å². The Hall–Kier alpha value is -3.12. The van der Waals surface area contributed by atoms with Crippen LogP contribution in [0.5, 0.6) is 11.5 Å². The lowest BCUT2D eigenvalue weighted by molar-refractivity contribution is 0.353. The molecule has 0 saturated heterocycles. The molecule has 1 fully saturated rings. The first-order valence-corrected chi connectivity index (χ1v) is 13.2. The van der Waals surface area contributed by atoms with E-state index in [4.69, 9.17) is 21.1 Å². The summed E-state index contributed by atoms with van der Waals surface area (Å²) in [6, 6.07) is 9.37. The lowest BCUT2D eigenvalue weighted by atomic mass is 10.1. The Labute approximate surface area is 216 Å². The molecule has 0 bridgehead atoms. The maximum Gasteiger partial charge on any atom is 0.277 e. The number of methoxy groups -OCH3 is 2. The number of nitrogens with one attached hydrogen (secondary N) is 4. The number of aryl methyl sites for hydroxylation is 2. The minimum Gasteiger partial charge on any atom is -0.493 e. The second-order valence-electron chi connectivity index (χ2n) is 8.53. The van der Waals surface area contributed by atoms with Crippen molar-refractivity contribution >= 4 is 45.0 Å². The van der Waals surface area contributed by atoms with E-state index < -0.39 is 10.2 Å². The topological polar surface area (TPSA) is 126 Å². The fourth-order valence-corrected chi connectivity index (χ4v) is 4.87. The summed E-state index contributed by atoms with van der Waals surface area (Å²) in [4.78, 5) is 8.79. The third-order valence-corrected chi connectivity index (χ3v) is 7.02. The van der Waals surface area contributed by atoms with Crippen LogP contribution in [0.2, 0.25) is 5.02 Å². The van der Waals surface area contributed by atoms with E-state index >= 15 is 0 Å². The van der Waals surface area contributed by atoms with E-state index in [2.05, 4.69) is 30.0 Å². The standard InChI is InChI=1S/C24H29ClN6O4S/c1-14-9-16(12-27-36(32,33)31-17-6-7-17)5-8-20(14)29-23-19(25)13-26-24(30-23)28-18-10-15(2)22(35-4)21(11-18)34-3/h5,8-11,13,17,27,31H,6-7,12H2,1-4H3,(H2,26,28,29,30). The van der Waals surface area contributed by atoms with E-state index in [9.17, 15) is 8.42 Å². The van der Waals surface area contributed by atoms with Crippen LogP contribution < -0.4 is 29.6 Å². The zero-order valence-corrected chi connectivity index (χ0v) is 22.0. The third-order valence-electron chi connectivity index (χ3n) is 5.57. The van der Waals surface area contributed by atoms with E-state index in [0.717, 1.165) is 40.9 Å². The summed E-state index contributed by atoms with van der Waals surface area (Å²) in [6.45, 7) is 4.03. The van der Waals surface area contributed by atoms with Crippen molar-refractivity contribution < 1.29 is 17.9 Å². The van der Waals surface area contributed by atoms with E-state index in [1.165, 1.54) is 6.20 Å². The monoisotopic (exact) mass is 532 g/mol. The van der Waals surface area contributed by atoms with E-state index in [-0.39, 0.29) is 12.6 Å². The third kappa shape index (κ3) is 6.55. The molecule has 1 aliphatic rings.